The third-order valence-corrected chi connectivity index (χ3v) is 1.76. The van der Waals surface area contributed by atoms with Crippen molar-refractivity contribution in [2.45, 2.75) is 39.3 Å². The summed E-state index contributed by atoms with van der Waals surface area (Å²) in [7, 11) is 0. The number of hydrogen-bond acceptors (Lipinski definition) is 5. The molecular formula is C11H21N3O4. The van der Waals surface area contributed by atoms with E-state index in [0.717, 1.165) is 0 Å². The summed E-state index contributed by atoms with van der Waals surface area (Å²) in [5.41, 5.74) is 4.96. The van der Waals surface area contributed by atoms with E-state index in [1.54, 1.807) is 6.92 Å². The van der Waals surface area contributed by atoms with Gasteiger partial charge in [0.25, 0.3) is 0 Å². The lowest BCUT2D eigenvalue weighted by molar-refractivity contribution is -0.148. The Morgan fingerprint density at radius 3 is 2.28 bits per heavy atom. The number of carbonyl (C=O) groups is 3. The molecule has 18 heavy (non-hydrogen) atoms. The van der Waals surface area contributed by atoms with Crippen LogP contribution in [-0.2, 0) is 19.1 Å². The summed E-state index contributed by atoms with van der Waals surface area (Å²) in [6.45, 7) is 6.97. The third-order valence-electron chi connectivity index (χ3n) is 1.76. The summed E-state index contributed by atoms with van der Waals surface area (Å²) in [5.74, 6) is -1.91. The molecule has 1 atom stereocenters. The monoisotopic (exact) mass is 259 g/mol. The Morgan fingerprint density at radius 2 is 1.83 bits per heavy atom. The Kier molecular flexibility index (Phi) is 6.32. The van der Waals surface area contributed by atoms with Gasteiger partial charge >= 0.3 is 5.97 Å². The summed E-state index contributed by atoms with van der Waals surface area (Å²) >= 11 is 0. The molecule has 0 aromatic heterocycles. The van der Waals surface area contributed by atoms with Crippen molar-refractivity contribution in [1.82, 2.24) is 10.6 Å². The number of esters is 1. The lowest BCUT2D eigenvalue weighted by atomic mass is 10.1. The zero-order chi connectivity index (χ0) is 14.3. The molecule has 0 radical (unpaired) electrons. The molecule has 0 saturated carbocycles. The zero-order valence-corrected chi connectivity index (χ0v) is 11.2. The van der Waals surface area contributed by atoms with Crippen LogP contribution in [-0.4, -0.2) is 42.5 Å². The summed E-state index contributed by atoms with van der Waals surface area (Å²) in [6.07, 6.45) is 0. The Morgan fingerprint density at radius 1 is 1.28 bits per heavy atom. The van der Waals surface area contributed by atoms with Crippen LogP contribution in [0.5, 0.6) is 0 Å². The molecule has 0 aliphatic carbocycles. The molecule has 0 bridgehead atoms. The highest BCUT2D eigenvalue weighted by Gasteiger charge is 2.24. The number of ether oxygens (including phenoxy) is 1. The van der Waals surface area contributed by atoms with Gasteiger partial charge in [-0.15, -0.1) is 0 Å². The van der Waals surface area contributed by atoms with E-state index in [-0.39, 0.29) is 24.6 Å². The molecule has 0 saturated heterocycles. The second kappa shape index (κ2) is 6.95. The van der Waals surface area contributed by atoms with Gasteiger partial charge in [-0.25, -0.2) is 4.79 Å². The predicted molar refractivity (Wildman–Crippen MR) is 65.5 cm³/mol. The lowest BCUT2D eigenvalue weighted by Crippen LogP contribution is -2.51. The van der Waals surface area contributed by atoms with Crippen LogP contribution < -0.4 is 16.4 Å². The van der Waals surface area contributed by atoms with Gasteiger partial charge in [0.15, 0.2) is 6.04 Å². The van der Waals surface area contributed by atoms with Gasteiger partial charge in [0.05, 0.1) is 13.2 Å². The van der Waals surface area contributed by atoms with Crippen molar-refractivity contribution >= 4 is 17.8 Å². The topological polar surface area (TPSA) is 111 Å². The van der Waals surface area contributed by atoms with Crippen LogP contribution in [0.3, 0.4) is 0 Å². The van der Waals surface area contributed by atoms with E-state index < -0.39 is 17.9 Å². The van der Waals surface area contributed by atoms with Crippen LogP contribution >= 0.6 is 0 Å². The van der Waals surface area contributed by atoms with Gasteiger partial charge in [0, 0.05) is 5.54 Å². The molecule has 0 spiro atoms. The maximum absolute atomic E-state index is 11.4. The Balaban J connectivity index is 4.11. The van der Waals surface area contributed by atoms with Gasteiger partial charge in [-0.1, -0.05) is 0 Å². The quantitative estimate of drug-likeness (QED) is 0.429. The Bertz CT molecular complexity index is 323. The molecule has 7 heteroatoms. The van der Waals surface area contributed by atoms with E-state index in [9.17, 15) is 14.4 Å². The lowest BCUT2D eigenvalue weighted by Gasteiger charge is -2.20. The number of nitrogens with one attached hydrogen (secondary N) is 2. The number of hydrogen-bond donors (Lipinski definition) is 3. The van der Waals surface area contributed by atoms with Crippen molar-refractivity contribution in [3.63, 3.8) is 0 Å². The van der Waals surface area contributed by atoms with E-state index in [1.807, 2.05) is 20.8 Å². The molecule has 0 fully saturated rings. The molecule has 0 aromatic rings. The van der Waals surface area contributed by atoms with E-state index in [4.69, 9.17) is 5.73 Å². The first kappa shape index (κ1) is 16.4. The van der Waals surface area contributed by atoms with Crippen molar-refractivity contribution in [2.24, 2.45) is 5.73 Å². The molecule has 2 amide bonds. The van der Waals surface area contributed by atoms with Crippen molar-refractivity contribution < 1.29 is 19.1 Å². The summed E-state index contributed by atoms with van der Waals surface area (Å²) in [4.78, 5) is 34.0. The number of carbonyl (C=O) groups excluding carboxylic acids is 3. The molecule has 0 aliphatic heterocycles. The largest absolute Gasteiger partial charge is 0.464 e. The molecule has 0 rings (SSSR count). The third kappa shape index (κ3) is 6.85. The summed E-state index contributed by atoms with van der Waals surface area (Å²) < 4.78 is 4.59. The van der Waals surface area contributed by atoms with Gasteiger partial charge in [-0.05, 0) is 27.7 Å². The normalized spacial score (nSPS) is 12.5. The molecule has 0 aromatic carbocycles. The van der Waals surface area contributed by atoms with Gasteiger partial charge in [-0.3, -0.25) is 9.59 Å². The smallest absolute Gasteiger partial charge is 0.332 e. The Hall–Kier alpha value is -1.63. The maximum atomic E-state index is 11.4. The van der Waals surface area contributed by atoms with Crippen LogP contribution in [0.4, 0.5) is 0 Å². The molecule has 1 unspecified atom stereocenters. The fourth-order valence-corrected chi connectivity index (χ4v) is 1.08. The minimum Gasteiger partial charge on any atom is -0.464 e. The number of amides is 2. The van der Waals surface area contributed by atoms with Crippen LogP contribution in [0.1, 0.15) is 27.7 Å². The van der Waals surface area contributed by atoms with E-state index >= 15 is 0 Å². The second-order valence-corrected chi connectivity index (χ2v) is 4.75. The maximum Gasteiger partial charge on any atom is 0.332 e. The summed E-state index contributed by atoms with van der Waals surface area (Å²) in [6, 6.07) is -1.41. The van der Waals surface area contributed by atoms with Crippen molar-refractivity contribution in [1.29, 1.82) is 0 Å². The molecule has 0 heterocycles. The first-order chi connectivity index (χ1) is 8.17. The molecule has 7 nitrogen and oxygen atoms in total. The first-order valence-electron chi connectivity index (χ1n) is 5.68. The van der Waals surface area contributed by atoms with Gasteiger partial charge in [-0.2, -0.15) is 0 Å². The van der Waals surface area contributed by atoms with Crippen LogP contribution in [0, 0.1) is 0 Å². The molecule has 104 valence electrons. The summed E-state index contributed by atoms with van der Waals surface area (Å²) in [5, 5.41) is 4.92. The predicted octanol–water partition coefficient (Wildman–Crippen LogP) is -1.09. The number of nitrogens with two attached hydrogens (primary N) is 1. The van der Waals surface area contributed by atoms with Gasteiger partial charge < -0.3 is 21.1 Å². The second-order valence-electron chi connectivity index (χ2n) is 4.75. The van der Waals surface area contributed by atoms with E-state index in [0.29, 0.717) is 0 Å². The minimum absolute atomic E-state index is 0.143. The fraction of sp³-hybridized carbons (Fsp3) is 0.727. The standard InChI is InChI=1S/C11H21N3O4/c1-5-18-10(17)8(12)9(16)13-6-7(15)14-11(2,3)4/h8H,5-6,12H2,1-4H3,(H,13,16)(H,14,15). The number of rotatable bonds is 5. The van der Waals surface area contributed by atoms with E-state index in [2.05, 4.69) is 15.4 Å². The van der Waals surface area contributed by atoms with Crippen LogP contribution in [0.15, 0.2) is 0 Å². The minimum atomic E-state index is -1.41. The highest BCUT2D eigenvalue weighted by atomic mass is 16.5. The van der Waals surface area contributed by atoms with Crippen molar-refractivity contribution in [2.75, 3.05) is 13.2 Å². The SMILES string of the molecule is CCOC(=O)C(N)C(=O)NCC(=O)NC(C)(C)C. The molecule has 4 N–H and O–H groups in total. The average Bonchev–Trinajstić information content (AvgIpc) is 2.22. The average molecular weight is 259 g/mol. The highest BCUT2D eigenvalue weighted by Crippen LogP contribution is 1.97. The zero-order valence-electron chi connectivity index (χ0n) is 11.2. The van der Waals surface area contributed by atoms with Crippen LogP contribution in [0.2, 0.25) is 0 Å². The molecule has 0 aliphatic rings. The van der Waals surface area contributed by atoms with Crippen molar-refractivity contribution in [3.05, 3.63) is 0 Å². The fourth-order valence-electron chi connectivity index (χ4n) is 1.08. The first-order valence-corrected chi connectivity index (χ1v) is 5.68. The van der Waals surface area contributed by atoms with E-state index in [1.165, 1.54) is 0 Å². The molecular weight excluding hydrogens is 238 g/mol. The highest BCUT2D eigenvalue weighted by molar-refractivity contribution is 6.02. The van der Waals surface area contributed by atoms with Crippen molar-refractivity contribution in [3.8, 4) is 0 Å². The Labute approximate surface area is 106 Å². The van der Waals surface area contributed by atoms with Gasteiger partial charge in [0.2, 0.25) is 11.8 Å². The van der Waals surface area contributed by atoms with Gasteiger partial charge in [0.1, 0.15) is 0 Å². The van der Waals surface area contributed by atoms with Crippen LogP contribution in [0.25, 0.3) is 0 Å².